The predicted octanol–water partition coefficient (Wildman–Crippen LogP) is 4.86. The lowest BCUT2D eigenvalue weighted by Gasteiger charge is -2.21. The van der Waals surface area contributed by atoms with Gasteiger partial charge in [0.15, 0.2) is 9.84 Å². The van der Waals surface area contributed by atoms with Crippen LogP contribution in [-0.2, 0) is 25.8 Å². The molecule has 3 aliphatic carbocycles. The molecule has 5 rings (SSSR count). The van der Waals surface area contributed by atoms with Crippen LogP contribution in [0.5, 0.6) is 0 Å². The lowest BCUT2D eigenvalue weighted by atomic mass is 9.83. The summed E-state index contributed by atoms with van der Waals surface area (Å²) in [6.45, 7) is 1.97. The van der Waals surface area contributed by atoms with Crippen LogP contribution in [0.3, 0.4) is 0 Å². The number of nitrogens with zero attached hydrogens (tertiary/aromatic N) is 1. The number of aryl methyl sites for hydroxylation is 1. The molecule has 174 valence electrons. The van der Waals surface area contributed by atoms with Gasteiger partial charge in [-0.3, -0.25) is 14.6 Å². The summed E-state index contributed by atoms with van der Waals surface area (Å²) in [6, 6.07) is 9.45. The van der Waals surface area contributed by atoms with E-state index in [4.69, 9.17) is 0 Å². The fourth-order valence-corrected chi connectivity index (χ4v) is 7.03. The number of carbonyl (C=O) groups excluding carboxylic acids is 2. The Bertz CT molecular complexity index is 1180. The highest BCUT2D eigenvalue weighted by Crippen LogP contribution is 2.47. The van der Waals surface area contributed by atoms with E-state index in [1.165, 1.54) is 0 Å². The van der Waals surface area contributed by atoms with E-state index in [0.29, 0.717) is 24.2 Å². The number of ketones is 2. The summed E-state index contributed by atoms with van der Waals surface area (Å²) in [5, 5.41) is -0.240. The maximum atomic E-state index is 13.5. The van der Waals surface area contributed by atoms with Gasteiger partial charge in [-0.15, -0.1) is 0 Å². The minimum absolute atomic E-state index is 0.0882. The summed E-state index contributed by atoms with van der Waals surface area (Å²) in [7, 11) is -3.29. The Labute approximate surface area is 195 Å². The molecule has 2 aromatic rings. The number of carbonyl (C=O) groups is 2. The maximum absolute atomic E-state index is 13.5. The van der Waals surface area contributed by atoms with Gasteiger partial charge in [0.1, 0.15) is 11.6 Å². The van der Waals surface area contributed by atoms with Crippen molar-refractivity contribution in [2.24, 2.45) is 5.92 Å². The highest BCUT2D eigenvalue weighted by atomic mass is 32.2. The largest absolute Gasteiger partial charge is 0.300 e. The van der Waals surface area contributed by atoms with Crippen LogP contribution in [-0.4, -0.2) is 30.2 Å². The molecule has 0 amide bonds. The van der Waals surface area contributed by atoms with E-state index in [2.05, 4.69) is 4.98 Å². The van der Waals surface area contributed by atoms with Gasteiger partial charge in [-0.2, -0.15) is 0 Å². The van der Waals surface area contributed by atoms with Crippen molar-refractivity contribution in [3.63, 3.8) is 0 Å². The van der Waals surface area contributed by atoms with Crippen LogP contribution in [0, 0.1) is 12.8 Å². The molecule has 0 aliphatic heterocycles. The molecule has 2 atom stereocenters. The zero-order valence-electron chi connectivity index (χ0n) is 19.1. The van der Waals surface area contributed by atoms with Crippen molar-refractivity contribution in [1.82, 2.24) is 4.98 Å². The van der Waals surface area contributed by atoms with Crippen molar-refractivity contribution in [2.75, 3.05) is 0 Å². The van der Waals surface area contributed by atoms with Crippen molar-refractivity contribution in [2.45, 2.75) is 86.7 Å². The average Bonchev–Trinajstić information content (AvgIpc) is 3.70. The molecule has 0 saturated heterocycles. The van der Waals surface area contributed by atoms with Gasteiger partial charge < -0.3 is 0 Å². The van der Waals surface area contributed by atoms with Gasteiger partial charge in [0.25, 0.3) is 0 Å². The second kappa shape index (κ2) is 8.79. The summed E-state index contributed by atoms with van der Waals surface area (Å²) < 4.78 is 26.1. The molecule has 0 unspecified atom stereocenters. The highest BCUT2D eigenvalue weighted by Gasteiger charge is 2.41. The molecule has 3 saturated carbocycles. The molecule has 1 aromatic carbocycles. The highest BCUT2D eigenvalue weighted by molar-refractivity contribution is 7.92. The van der Waals surface area contributed by atoms with Gasteiger partial charge in [-0.25, -0.2) is 8.42 Å². The number of rotatable bonds is 9. The van der Waals surface area contributed by atoms with Gasteiger partial charge in [-0.05, 0) is 86.1 Å². The first kappa shape index (κ1) is 22.5. The molecule has 33 heavy (non-hydrogen) atoms. The molecule has 1 aromatic heterocycles. The Morgan fingerprint density at radius 3 is 2.48 bits per heavy atom. The number of aromatic nitrogens is 1. The van der Waals surface area contributed by atoms with Gasteiger partial charge in [0.05, 0.1) is 10.1 Å². The number of sulfone groups is 1. The molecule has 0 spiro atoms. The summed E-state index contributed by atoms with van der Waals surface area (Å²) in [5.74, 6) is 0.494. The van der Waals surface area contributed by atoms with E-state index in [1.807, 2.05) is 31.2 Å². The Balaban J connectivity index is 1.47. The van der Waals surface area contributed by atoms with Crippen LogP contribution < -0.4 is 0 Å². The van der Waals surface area contributed by atoms with Crippen molar-refractivity contribution in [3.05, 3.63) is 58.9 Å². The second-order valence-corrected chi connectivity index (χ2v) is 12.4. The van der Waals surface area contributed by atoms with E-state index >= 15 is 0 Å². The second-order valence-electron chi connectivity index (χ2n) is 10.2. The van der Waals surface area contributed by atoms with E-state index in [0.717, 1.165) is 54.5 Å². The number of pyridine rings is 1. The Morgan fingerprint density at radius 1 is 1.09 bits per heavy atom. The van der Waals surface area contributed by atoms with Crippen LogP contribution in [0.1, 0.15) is 85.6 Å². The summed E-state index contributed by atoms with van der Waals surface area (Å²) in [4.78, 5) is 30.3. The summed E-state index contributed by atoms with van der Waals surface area (Å²) in [6.07, 6.45) is 8.10. The van der Waals surface area contributed by atoms with Crippen molar-refractivity contribution in [1.29, 1.82) is 0 Å². The van der Waals surface area contributed by atoms with Gasteiger partial charge in [-0.1, -0.05) is 18.2 Å². The molecule has 0 radical (unpaired) electrons. The third-order valence-corrected chi connectivity index (χ3v) is 9.69. The van der Waals surface area contributed by atoms with E-state index < -0.39 is 9.84 Å². The van der Waals surface area contributed by atoms with Crippen LogP contribution in [0.15, 0.2) is 41.4 Å². The number of benzene rings is 1. The number of Topliss-reactive ketones (excluding diaryl/α,β-unsaturated/α-hetero) is 2. The zero-order valence-corrected chi connectivity index (χ0v) is 19.9. The zero-order chi connectivity index (χ0) is 23.2. The van der Waals surface area contributed by atoms with Gasteiger partial charge in [0.2, 0.25) is 0 Å². The minimum Gasteiger partial charge on any atom is -0.300 e. The van der Waals surface area contributed by atoms with Crippen molar-refractivity contribution >= 4 is 21.4 Å². The fraction of sp³-hybridized carbons (Fsp3) is 0.519. The molecule has 6 heteroatoms. The Morgan fingerprint density at radius 2 is 1.88 bits per heavy atom. The maximum Gasteiger partial charge on any atom is 0.181 e. The van der Waals surface area contributed by atoms with Gasteiger partial charge in [0, 0.05) is 37.1 Å². The minimum atomic E-state index is -3.29. The molecular weight excluding hydrogens is 434 g/mol. The lowest BCUT2D eigenvalue weighted by molar-refractivity contribution is -0.121. The molecular formula is C27H31NO4S. The van der Waals surface area contributed by atoms with E-state index in [9.17, 15) is 18.0 Å². The molecule has 3 aliphatic rings. The third-order valence-electron chi connectivity index (χ3n) is 7.36. The average molecular weight is 466 g/mol. The number of hydrogen-bond acceptors (Lipinski definition) is 5. The van der Waals surface area contributed by atoms with Crippen LogP contribution in [0.2, 0.25) is 0 Å². The Kier molecular flexibility index (Phi) is 5.98. The van der Waals surface area contributed by atoms with Crippen LogP contribution >= 0.6 is 0 Å². The topological polar surface area (TPSA) is 81.2 Å². The molecule has 1 heterocycles. The molecule has 3 fully saturated rings. The summed E-state index contributed by atoms with van der Waals surface area (Å²) >= 11 is 0. The normalized spacial score (nSPS) is 21.8. The molecule has 0 bridgehead atoms. The first-order chi connectivity index (χ1) is 15.8. The van der Waals surface area contributed by atoms with Crippen LogP contribution in [0.4, 0.5) is 0 Å². The quantitative estimate of drug-likeness (QED) is 0.528. The van der Waals surface area contributed by atoms with Gasteiger partial charge >= 0.3 is 0 Å². The monoisotopic (exact) mass is 465 g/mol. The van der Waals surface area contributed by atoms with E-state index in [-0.39, 0.29) is 41.0 Å². The lowest BCUT2D eigenvalue weighted by Crippen LogP contribution is -2.19. The molecule has 0 N–H and O–H groups in total. The third kappa shape index (κ3) is 4.96. The fourth-order valence-electron chi connectivity index (χ4n) is 5.10. The van der Waals surface area contributed by atoms with Crippen LogP contribution in [0.25, 0.3) is 0 Å². The predicted molar refractivity (Wildman–Crippen MR) is 126 cm³/mol. The standard InChI is InChI=1S/C27H31NO4S/c1-17-2-7-21(28-16-17)15-26(30)24(13-18-3-8-22(29)12-18)20-6-11-27(25(14-20)19-4-5-19)33(31,32)23-9-10-23/h2,6-7,11,14,16,18-19,23-24H,3-5,8-10,12-13,15H2,1H3/t18-,24+/m0/s1. The van der Waals surface area contributed by atoms with Crippen molar-refractivity contribution < 1.29 is 18.0 Å². The van der Waals surface area contributed by atoms with Crippen molar-refractivity contribution in [3.8, 4) is 0 Å². The smallest absolute Gasteiger partial charge is 0.181 e. The Hall–Kier alpha value is -2.34. The first-order valence-electron chi connectivity index (χ1n) is 12.1. The first-order valence-corrected chi connectivity index (χ1v) is 13.7. The number of hydrogen-bond donors (Lipinski definition) is 0. The van der Waals surface area contributed by atoms with E-state index in [1.54, 1.807) is 12.3 Å². The molecule has 5 nitrogen and oxygen atoms in total. The SMILES string of the molecule is Cc1ccc(CC(=O)[C@H](C[C@H]2CCC(=O)C2)c2ccc(S(=O)(=O)C3CC3)c(C3CC3)c2)nc1. The summed E-state index contributed by atoms with van der Waals surface area (Å²) in [5.41, 5.74) is 3.58.